The first-order chi connectivity index (χ1) is 7.13. The maximum Gasteiger partial charge on any atom is 0.323 e. The van der Waals surface area contributed by atoms with Crippen molar-refractivity contribution in [1.82, 2.24) is 5.32 Å². The summed E-state index contributed by atoms with van der Waals surface area (Å²) in [6.45, 7) is 2.00. The van der Waals surface area contributed by atoms with E-state index in [0.717, 1.165) is 0 Å². The molecule has 0 aromatic carbocycles. The van der Waals surface area contributed by atoms with E-state index in [1.807, 2.05) is 6.92 Å². The first-order valence-corrected chi connectivity index (χ1v) is 6.72. The highest BCUT2D eigenvalue weighted by molar-refractivity contribution is 7.85. The lowest BCUT2D eigenvalue weighted by Gasteiger charge is -2.34. The van der Waals surface area contributed by atoms with Gasteiger partial charge in [-0.3, -0.25) is 14.3 Å². The number of carbonyl (C=O) groups excluding carboxylic acids is 1. The smallest absolute Gasteiger partial charge is 0.323 e. The quantitative estimate of drug-likeness (QED) is 0.682. The van der Waals surface area contributed by atoms with Crippen LogP contribution in [-0.4, -0.2) is 40.4 Å². The SMILES string of the molecule is COC(=O)C1CS(=O)C(C)C(C2CC2)N1. The zero-order chi connectivity index (χ0) is 11.0. The Morgan fingerprint density at radius 1 is 1.47 bits per heavy atom. The summed E-state index contributed by atoms with van der Waals surface area (Å²) < 4.78 is 16.5. The van der Waals surface area contributed by atoms with Gasteiger partial charge in [0.1, 0.15) is 6.04 Å². The van der Waals surface area contributed by atoms with Gasteiger partial charge < -0.3 is 4.74 Å². The van der Waals surface area contributed by atoms with Gasteiger partial charge >= 0.3 is 5.97 Å². The topological polar surface area (TPSA) is 55.4 Å². The molecule has 0 aromatic heterocycles. The summed E-state index contributed by atoms with van der Waals surface area (Å²) >= 11 is 0. The summed E-state index contributed by atoms with van der Waals surface area (Å²) in [5.41, 5.74) is 0. The molecule has 2 rings (SSSR count). The van der Waals surface area contributed by atoms with Gasteiger partial charge in [0, 0.05) is 27.8 Å². The molecule has 15 heavy (non-hydrogen) atoms. The van der Waals surface area contributed by atoms with Crippen molar-refractivity contribution >= 4 is 16.8 Å². The Balaban J connectivity index is 2.05. The third kappa shape index (κ3) is 2.23. The lowest BCUT2D eigenvalue weighted by Crippen LogP contribution is -2.58. The highest BCUT2D eigenvalue weighted by Crippen LogP contribution is 2.36. The molecule has 1 aliphatic carbocycles. The van der Waals surface area contributed by atoms with Crippen LogP contribution in [0.15, 0.2) is 0 Å². The third-order valence-corrected chi connectivity index (χ3v) is 5.04. The minimum atomic E-state index is -0.911. The molecule has 1 N–H and O–H groups in total. The van der Waals surface area contributed by atoms with Crippen molar-refractivity contribution in [2.24, 2.45) is 5.92 Å². The van der Waals surface area contributed by atoms with E-state index in [0.29, 0.717) is 11.7 Å². The number of hydrogen-bond donors (Lipinski definition) is 1. The van der Waals surface area contributed by atoms with Gasteiger partial charge in [0.25, 0.3) is 0 Å². The summed E-state index contributed by atoms with van der Waals surface area (Å²) in [5, 5.41) is 3.43. The van der Waals surface area contributed by atoms with E-state index < -0.39 is 10.8 Å². The number of ether oxygens (including phenoxy) is 1. The lowest BCUT2D eigenvalue weighted by molar-refractivity contribution is -0.142. The fourth-order valence-electron chi connectivity index (χ4n) is 2.15. The van der Waals surface area contributed by atoms with Gasteiger partial charge in [-0.2, -0.15) is 0 Å². The highest BCUT2D eigenvalue weighted by atomic mass is 32.2. The normalized spacial score (nSPS) is 41.2. The highest BCUT2D eigenvalue weighted by Gasteiger charge is 2.43. The fraction of sp³-hybridized carbons (Fsp3) is 0.900. The van der Waals surface area contributed by atoms with Crippen LogP contribution in [0.3, 0.4) is 0 Å². The average molecular weight is 231 g/mol. The van der Waals surface area contributed by atoms with Crippen LogP contribution in [0.2, 0.25) is 0 Å². The zero-order valence-corrected chi connectivity index (χ0v) is 9.88. The number of rotatable bonds is 2. The predicted octanol–water partition coefficient (Wildman–Crippen LogP) is 0.0470. The maximum absolute atomic E-state index is 11.8. The van der Waals surface area contributed by atoms with Crippen molar-refractivity contribution < 1.29 is 13.7 Å². The maximum atomic E-state index is 11.8. The molecule has 86 valence electrons. The Hall–Kier alpha value is -0.420. The second-order valence-corrected chi connectivity index (χ2v) is 6.20. The Morgan fingerprint density at radius 2 is 2.13 bits per heavy atom. The first-order valence-electron chi connectivity index (χ1n) is 5.34. The molecular weight excluding hydrogens is 214 g/mol. The van der Waals surface area contributed by atoms with Crippen LogP contribution in [0.5, 0.6) is 0 Å². The number of carbonyl (C=O) groups is 1. The van der Waals surface area contributed by atoms with Crippen LogP contribution < -0.4 is 5.32 Å². The van der Waals surface area contributed by atoms with Gasteiger partial charge in [-0.1, -0.05) is 0 Å². The fourth-order valence-corrected chi connectivity index (χ4v) is 3.64. The van der Waals surface area contributed by atoms with E-state index in [2.05, 4.69) is 10.1 Å². The Morgan fingerprint density at radius 3 is 2.67 bits per heavy atom. The van der Waals surface area contributed by atoms with E-state index in [-0.39, 0.29) is 23.3 Å². The van der Waals surface area contributed by atoms with Crippen LogP contribution in [0.25, 0.3) is 0 Å². The van der Waals surface area contributed by atoms with Crippen LogP contribution in [0, 0.1) is 5.92 Å². The van der Waals surface area contributed by atoms with Crippen molar-refractivity contribution in [3.8, 4) is 0 Å². The van der Waals surface area contributed by atoms with E-state index in [4.69, 9.17) is 0 Å². The zero-order valence-electron chi connectivity index (χ0n) is 9.06. The van der Waals surface area contributed by atoms with Gasteiger partial charge in [0.2, 0.25) is 0 Å². The number of hydrogen-bond acceptors (Lipinski definition) is 4. The minimum Gasteiger partial charge on any atom is -0.468 e. The van der Waals surface area contributed by atoms with E-state index >= 15 is 0 Å². The summed E-state index contributed by atoms with van der Waals surface area (Å²) in [6.07, 6.45) is 2.38. The molecule has 1 aliphatic heterocycles. The molecule has 4 atom stereocenters. The third-order valence-electron chi connectivity index (χ3n) is 3.26. The van der Waals surface area contributed by atoms with Crippen molar-refractivity contribution in [2.45, 2.75) is 37.1 Å². The lowest BCUT2D eigenvalue weighted by atomic mass is 10.1. The van der Waals surface area contributed by atoms with Crippen molar-refractivity contribution in [2.75, 3.05) is 12.9 Å². The predicted molar refractivity (Wildman–Crippen MR) is 57.9 cm³/mol. The summed E-state index contributed by atoms with van der Waals surface area (Å²) in [4.78, 5) is 11.4. The molecule has 0 bridgehead atoms. The number of methoxy groups -OCH3 is 1. The van der Waals surface area contributed by atoms with Gasteiger partial charge in [0.15, 0.2) is 0 Å². The molecule has 0 radical (unpaired) electrons. The first kappa shape index (κ1) is 11.1. The molecular formula is C10H17NO3S. The summed E-state index contributed by atoms with van der Waals surface area (Å²) in [6, 6.07) is -0.152. The Bertz CT molecular complexity index is 290. The van der Waals surface area contributed by atoms with Gasteiger partial charge in [0.05, 0.1) is 7.11 Å². The molecule has 0 aromatic rings. The van der Waals surface area contributed by atoms with Crippen LogP contribution >= 0.6 is 0 Å². The molecule has 4 nitrogen and oxygen atoms in total. The van der Waals surface area contributed by atoms with E-state index in [1.54, 1.807) is 0 Å². The largest absolute Gasteiger partial charge is 0.468 e. The molecule has 4 unspecified atom stereocenters. The van der Waals surface area contributed by atoms with Crippen molar-refractivity contribution in [3.63, 3.8) is 0 Å². The van der Waals surface area contributed by atoms with Gasteiger partial charge in [-0.25, -0.2) is 0 Å². The average Bonchev–Trinajstić information content (AvgIpc) is 3.04. The molecule has 2 aliphatic rings. The second-order valence-electron chi connectivity index (χ2n) is 4.36. The van der Waals surface area contributed by atoms with Crippen LogP contribution in [0.1, 0.15) is 19.8 Å². The number of nitrogens with one attached hydrogen (secondary N) is 1. The van der Waals surface area contributed by atoms with Crippen LogP contribution in [0.4, 0.5) is 0 Å². The molecule has 1 saturated carbocycles. The summed E-state index contributed by atoms with van der Waals surface area (Å²) in [5.74, 6) is 0.703. The Labute approximate surface area is 92.2 Å². The van der Waals surface area contributed by atoms with Crippen molar-refractivity contribution in [3.05, 3.63) is 0 Å². The molecule has 5 heteroatoms. The van der Waals surface area contributed by atoms with Gasteiger partial charge in [-0.05, 0) is 25.7 Å². The second kappa shape index (κ2) is 4.22. The standard InChI is InChI=1S/C10H17NO3S/c1-6-9(7-3-4-7)11-8(5-15(6)13)10(12)14-2/h6-9,11H,3-5H2,1-2H3. The molecule has 0 spiro atoms. The molecule has 2 fully saturated rings. The van der Waals surface area contributed by atoms with E-state index in [9.17, 15) is 9.00 Å². The van der Waals surface area contributed by atoms with E-state index in [1.165, 1.54) is 20.0 Å². The van der Waals surface area contributed by atoms with Crippen molar-refractivity contribution in [1.29, 1.82) is 0 Å². The molecule has 0 amide bonds. The molecule has 1 heterocycles. The van der Waals surface area contributed by atoms with Gasteiger partial charge in [-0.15, -0.1) is 0 Å². The number of esters is 1. The summed E-state index contributed by atoms with van der Waals surface area (Å²) in [7, 11) is 0.461. The monoisotopic (exact) mass is 231 g/mol. The Kier molecular flexibility index (Phi) is 3.11. The minimum absolute atomic E-state index is 0.151. The van der Waals surface area contributed by atoms with Crippen LogP contribution in [-0.2, 0) is 20.3 Å². The molecule has 1 saturated heterocycles.